The largest absolute Gasteiger partial charge is 0.345 e. The van der Waals surface area contributed by atoms with Crippen LogP contribution in [0.2, 0.25) is 0 Å². The molecule has 0 radical (unpaired) electrons. The standard InChI is InChI=1S/C17H19BrN2O3S/c1-12(15-6-4-5-7-16(15)18)19-17(21)13-8-10-14(11-9-13)24(22,23)20(2)3/h4-12H,1-3H3,(H,19,21). The van der Waals surface area contributed by atoms with E-state index in [2.05, 4.69) is 21.2 Å². The molecule has 5 nitrogen and oxygen atoms in total. The first kappa shape index (κ1) is 18.6. The van der Waals surface area contributed by atoms with Crippen LogP contribution in [0, 0.1) is 0 Å². The maximum absolute atomic E-state index is 12.3. The van der Waals surface area contributed by atoms with E-state index in [1.165, 1.54) is 38.4 Å². The fourth-order valence-electron chi connectivity index (χ4n) is 2.17. The lowest BCUT2D eigenvalue weighted by atomic mass is 10.1. The Labute approximate surface area is 150 Å². The molecule has 7 heteroatoms. The Balaban J connectivity index is 2.15. The van der Waals surface area contributed by atoms with Crippen LogP contribution in [0.25, 0.3) is 0 Å². The summed E-state index contributed by atoms with van der Waals surface area (Å²) in [6, 6.07) is 13.4. The predicted molar refractivity (Wildman–Crippen MR) is 97.3 cm³/mol. The minimum absolute atomic E-state index is 0.155. The third kappa shape index (κ3) is 4.03. The van der Waals surface area contributed by atoms with E-state index in [0.29, 0.717) is 5.56 Å². The summed E-state index contributed by atoms with van der Waals surface area (Å²) in [5.41, 5.74) is 1.38. The van der Waals surface area contributed by atoms with E-state index in [1.807, 2.05) is 31.2 Å². The maximum Gasteiger partial charge on any atom is 0.251 e. The van der Waals surface area contributed by atoms with Crippen molar-refractivity contribution in [2.45, 2.75) is 17.9 Å². The van der Waals surface area contributed by atoms with E-state index in [-0.39, 0.29) is 16.8 Å². The summed E-state index contributed by atoms with van der Waals surface area (Å²) in [7, 11) is -0.560. The Bertz CT molecular complexity index is 833. The number of nitrogens with zero attached hydrogens (tertiary/aromatic N) is 1. The van der Waals surface area contributed by atoms with E-state index in [9.17, 15) is 13.2 Å². The van der Waals surface area contributed by atoms with Crippen molar-refractivity contribution >= 4 is 31.9 Å². The third-order valence-corrected chi connectivity index (χ3v) is 6.17. The first-order valence-corrected chi connectivity index (χ1v) is 9.54. The number of carbonyl (C=O) groups excluding carboxylic acids is 1. The fourth-order valence-corrected chi connectivity index (χ4v) is 3.70. The maximum atomic E-state index is 12.3. The molecule has 0 spiro atoms. The van der Waals surface area contributed by atoms with Gasteiger partial charge in [0, 0.05) is 24.1 Å². The van der Waals surface area contributed by atoms with Crippen LogP contribution in [0.4, 0.5) is 0 Å². The van der Waals surface area contributed by atoms with Crippen molar-refractivity contribution in [2.24, 2.45) is 0 Å². The molecule has 0 saturated heterocycles. The molecule has 2 aromatic rings. The zero-order valence-corrected chi connectivity index (χ0v) is 16.1. The number of benzene rings is 2. The van der Waals surface area contributed by atoms with Gasteiger partial charge in [0.1, 0.15) is 0 Å². The van der Waals surface area contributed by atoms with Crippen LogP contribution in [0.1, 0.15) is 28.9 Å². The van der Waals surface area contributed by atoms with Crippen molar-refractivity contribution in [3.05, 3.63) is 64.1 Å². The summed E-state index contributed by atoms with van der Waals surface area (Å²) in [5.74, 6) is -0.257. The molecule has 2 rings (SSSR count). The lowest BCUT2D eigenvalue weighted by Gasteiger charge is -2.16. The molecule has 0 aliphatic rings. The third-order valence-electron chi connectivity index (χ3n) is 3.61. The van der Waals surface area contributed by atoms with Crippen LogP contribution in [0.15, 0.2) is 57.9 Å². The molecule has 0 fully saturated rings. The summed E-state index contributed by atoms with van der Waals surface area (Å²) in [5, 5.41) is 2.91. The molecule has 2 aromatic carbocycles. The Hall–Kier alpha value is -1.70. The number of carbonyl (C=O) groups is 1. The van der Waals surface area contributed by atoms with Gasteiger partial charge in [0.2, 0.25) is 10.0 Å². The first-order chi connectivity index (χ1) is 11.2. The van der Waals surface area contributed by atoms with E-state index >= 15 is 0 Å². The summed E-state index contributed by atoms with van der Waals surface area (Å²) in [4.78, 5) is 12.5. The highest BCUT2D eigenvalue weighted by Crippen LogP contribution is 2.23. The van der Waals surface area contributed by atoms with Crippen molar-refractivity contribution in [2.75, 3.05) is 14.1 Å². The predicted octanol–water partition coefficient (Wildman–Crippen LogP) is 3.19. The summed E-state index contributed by atoms with van der Waals surface area (Å²) < 4.78 is 26.1. The van der Waals surface area contributed by atoms with Gasteiger partial charge < -0.3 is 5.32 Å². The minimum atomic E-state index is -3.50. The molecule has 0 bridgehead atoms. The van der Waals surface area contributed by atoms with Gasteiger partial charge in [-0.1, -0.05) is 34.1 Å². The molecular weight excluding hydrogens is 392 g/mol. The minimum Gasteiger partial charge on any atom is -0.345 e. The number of hydrogen-bond donors (Lipinski definition) is 1. The van der Waals surface area contributed by atoms with Crippen molar-refractivity contribution in [1.29, 1.82) is 0 Å². The Morgan fingerprint density at radius 2 is 1.67 bits per heavy atom. The van der Waals surface area contributed by atoms with Gasteiger partial charge in [-0.2, -0.15) is 0 Å². The van der Waals surface area contributed by atoms with Gasteiger partial charge >= 0.3 is 0 Å². The molecule has 1 N–H and O–H groups in total. The fraction of sp³-hybridized carbons (Fsp3) is 0.235. The van der Waals surface area contributed by atoms with Crippen molar-refractivity contribution in [1.82, 2.24) is 9.62 Å². The number of sulfonamides is 1. The van der Waals surface area contributed by atoms with Gasteiger partial charge in [0.25, 0.3) is 5.91 Å². The lowest BCUT2D eigenvalue weighted by Crippen LogP contribution is -2.27. The summed E-state index contributed by atoms with van der Waals surface area (Å²) in [6.45, 7) is 1.89. The first-order valence-electron chi connectivity index (χ1n) is 7.31. The highest BCUT2D eigenvalue weighted by atomic mass is 79.9. The zero-order chi connectivity index (χ0) is 17.9. The second-order valence-corrected chi connectivity index (χ2v) is 8.53. The number of rotatable bonds is 5. The summed E-state index contributed by atoms with van der Waals surface area (Å²) >= 11 is 3.47. The SMILES string of the molecule is CC(NC(=O)c1ccc(S(=O)(=O)N(C)C)cc1)c1ccccc1Br. The average Bonchev–Trinajstić information content (AvgIpc) is 2.55. The van der Waals surface area contributed by atoms with E-state index in [0.717, 1.165) is 14.3 Å². The van der Waals surface area contributed by atoms with Crippen LogP contribution in [-0.4, -0.2) is 32.7 Å². The van der Waals surface area contributed by atoms with Gasteiger partial charge in [0.05, 0.1) is 10.9 Å². The van der Waals surface area contributed by atoms with E-state index in [1.54, 1.807) is 0 Å². The smallest absolute Gasteiger partial charge is 0.251 e. The average molecular weight is 411 g/mol. The number of halogens is 1. The Morgan fingerprint density at radius 3 is 2.21 bits per heavy atom. The van der Waals surface area contributed by atoms with Gasteiger partial charge in [0.15, 0.2) is 0 Å². The van der Waals surface area contributed by atoms with Crippen LogP contribution in [-0.2, 0) is 10.0 Å². The number of nitrogens with one attached hydrogen (secondary N) is 1. The highest BCUT2D eigenvalue weighted by molar-refractivity contribution is 9.10. The monoisotopic (exact) mass is 410 g/mol. The van der Waals surface area contributed by atoms with Gasteiger partial charge in [-0.15, -0.1) is 0 Å². The molecule has 0 aliphatic heterocycles. The Kier molecular flexibility index (Phi) is 5.79. The second kappa shape index (κ2) is 7.46. The second-order valence-electron chi connectivity index (χ2n) is 5.53. The number of amides is 1. The van der Waals surface area contributed by atoms with Crippen molar-refractivity contribution in [3.8, 4) is 0 Å². The van der Waals surface area contributed by atoms with Crippen molar-refractivity contribution < 1.29 is 13.2 Å². The molecular formula is C17H19BrN2O3S. The lowest BCUT2D eigenvalue weighted by molar-refractivity contribution is 0.0939. The molecule has 1 amide bonds. The van der Waals surface area contributed by atoms with Crippen LogP contribution < -0.4 is 5.32 Å². The highest BCUT2D eigenvalue weighted by Gasteiger charge is 2.18. The van der Waals surface area contributed by atoms with Gasteiger partial charge in [-0.05, 0) is 42.8 Å². The molecule has 0 saturated carbocycles. The quantitative estimate of drug-likeness (QED) is 0.822. The molecule has 24 heavy (non-hydrogen) atoms. The van der Waals surface area contributed by atoms with Crippen molar-refractivity contribution in [3.63, 3.8) is 0 Å². The van der Waals surface area contributed by atoms with Crippen LogP contribution in [0.3, 0.4) is 0 Å². The topological polar surface area (TPSA) is 66.5 Å². The zero-order valence-electron chi connectivity index (χ0n) is 13.7. The van der Waals surface area contributed by atoms with E-state index < -0.39 is 10.0 Å². The van der Waals surface area contributed by atoms with Crippen LogP contribution in [0.5, 0.6) is 0 Å². The normalized spacial score (nSPS) is 12.9. The number of hydrogen-bond acceptors (Lipinski definition) is 3. The van der Waals surface area contributed by atoms with Gasteiger partial charge in [-0.25, -0.2) is 12.7 Å². The van der Waals surface area contributed by atoms with Gasteiger partial charge in [-0.3, -0.25) is 4.79 Å². The Morgan fingerprint density at radius 1 is 1.08 bits per heavy atom. The molecule has 1 unspecified atom stereocenters. The van der Waals surface area contributed by atoms with Crippen LogP contribution >= 0.6 is 15.9 Å². The molecule has 0 aromatic heterocycles. The molecule has 0 heterocycles. The molecule has 1 atom stereocenters. The van der Waals surface area contributed by atoms with E-state index in [4.69, 9.17) is 0 Å². The molecule has 128 valence electrons. The summed E-state index contributed by atoms with van der Waals surface area (Å²) in [6.07, 6.45) is 0. The molecule has 0 aliphatic carbocycles.